The molecule has 2 aliphatic heterocycles. The van der Waals surface area contributed by atoms with Gasteiger partial charge in [0.1, 0.15) is 0 Å². The van der Waals surface area contributed by atoms with E-state index < -0.39 is 0 Å². The molecule has 0 N–H and O–H groups in total. The Morgan fingerprint density at radius 1 is 1.12 bits per heavy atom. The highest BCUT2D eigenvalue weighted by molar-refractivity contribution is 6.62. The van der Waals surface area contributed by atoms with Crippen molar-refractivity contribution in [2.24, 2.45) is 0 Å². The summed E-state index contributed by atoms with van der Waals surface area (Å²) in [4.78, 5) is 0. The second kappa shape index (κ2) is 6.79. The monoisotopic (exact) mass is 332 g/mol. The summed E-state index contributed by atoms with van der Waals surface area (Å²) in [6, 6.07) is 6.36. The van der Waals surface area contributed by atoms with Crippen LogP contribution in [0.15, 0.2) is 18.2 Å². The van der Waals surface area contributed by atoms with Crippen molar-refractivity contribution in [1.29, 1.82) is 0 Å². The van der Waals surface area contributed by atoms with Gasteiger partial charge in [0.15, 0.2) is 6.29 Å². The lowest BCUT2D eigenvalue weighted by Gasteiger charge is -2.32. The van der Waals surface area contributed by atoms with E-state index in [-0.39, 0.29) is 24.6 Å². The van der Waals surface area contributed by atoms with Gasteiger partial charge in [0.25, 0.3) is 0 Å². The van der Waals surface area contributed by atoms with Crippen molar-refractivity contribution in [3.05, 3.63) is 29.3 Å². The summed E-state index contributed by atoms with van der Waals surface area (Å²) in [5.74, 6) is 0. The van der Waals surface area contributed by atoms with Crippen LogP contribution < -0.4 is 5.46 Å². The van der Waals surface area contributed by atoms with Gasteiger partial charge in [-0.05, 0) is 64.9 Å². The highest BCUT2D eigenvalue weighted by atomic mass is 16.7. The van der Waals surface area contributed by atoms with Crippen LogP contribution in [0.1, 0.15) is 58.1 Å². The van der Waals surface area contributed by atoms with E-state index in [1.54, 1.807) is 0 Å². The summed E-state index contributed by atoms with van der Waals surface area (Å²) in [5.41, 5.74) is 2.73. The van der Waals surface area contributed by atoms with Gasteiger partial charge in [-0.3, -0.25) is 0 Å². The van der Waals surface area contributed by atoms with E-state index >= 15 is 0 Å². The molecule has 2 fully saturated rings. The number of rotatable bonds is 4. The molecule has 0 amide bonds. The van der Waals surface area contributed by atoms with Crippen molar-refractivity contribution in [3.63, 3.8) is 0 Å². The average Bonchev–Trinajstić information content (AvgIpc) is 2.75. The summed E-state index contributed by atoms with van der Waals surface area (Å²) in [6.45, 7) is 11.8. The number of hydrogen-bond donors (Lipinski definition) is 0. The van der Waals surface area contributed by atoms with Gasteiger partial charge in [-0.1, -0.05) is 23.8 Å². The van der Waals surface area contributed by atoms with Crippen LogP contribution in [0.5, 0.6) is 0 Å². The molecule has 2 aliphatic rings. The van der Waals surface area contributed by atoms with Gasteiger partial charge in [0.2, 0.25) is 0 Å². The van der Waals surface area contributed by atoms with Crippen LogP contribution in [-0.2, 0) is 25.4 Å². The summed E-state index contributed by atoms with van der Waals surface area (Å²) in [6.07, 6.45) is 3.23. The quantitative estimate of drug-likeness (QED) is 0.793. The van der Waals surface area contributed by atoms with Crippen LogP contribution in [0.4, 0.5) is 0 Å². The maximum absolute atomic E-state index is 6.19. The van der Waals surface area contributed by atoms with Crippen molar-refractivity contribution in [3.8, 4) is 0 Å². The van der Waals surface area contributed by atoms with Gasteiger partial charge in [-0.25, -0.2) is 0 Å². The average molecular weight is 332 g/mol. The molecule has 1 aromatic carbocycles. The fourth-order valence-electron chi connectivity index (χ4n) is 3.04. The highest BCUT2D eigenvalue weighted by Crippen LogP contribution is 2.36. The molecule has 0 aliphatic carbocycles. The Labute approximate surface area is 146 Å². The first-order valence-electron chi connectivity index (χ1n) is 8.97. The number of benzene rings is 1. The highest BCUT2D eigenvalue weighted by Gasteiger charge is 2.52. The van der Waals surface area contributed by atoms with Crippen LogP contribution in [0.3, 0.4) is 0 Å². The third-order valence-electron chi connectivity index (χ3n) is 5.42. The summed E-state index contributed by atoms with van der Waals surface area (Å²) in [7, 11) is -0.333. The van der Waals surface area contributed by atoms with E-state index in [2.05, 4.69) is 52.8 Å². The molecule has 2 heterocycles. The molecule has 3 rings (SSSR count). The predicted molar refractivity (Wildman–Crippen MR) is 95.3 cm³/mol. The molecule has 1 unspecified atom stereocenters. The van der Waals surface area contributed by atoms with Crippen LogP contribution in [0.2, 0.25) is 0 Å². The molecule has 4 nitrogen and oxygen atoms in total. The molecule has 2 saturated heterocycles. The first-order valence-corrected chi connectivity index (χ1v) is 8.97. The fraction of sp³-hybridized carbons (Fsp3) is 0.684. The normalized spacial score (nSPS) is 25.9. The lowest BCUT2D eigenvalue weighted by Crippen LogP contribution is -2.41. The topological polar surface area (TPSA) is 36.9 Å². The van der Waals surface area contributed by atoms with E-state index in [1.807, 2.05) is 0 Å². The zero-order chi connectivity index (χ0) is 17.4. The third-order valence-corrected chi connectivity index (χ3v) is 5.42. The predicted octanol–water partition coefficient (Wildman–Crippen LogP) is 3.34. The van der Waals surface area contributed by atoms with Crippen molar-refractivity contribution >= 4 is 12.6 Å². The Bertz CT molecular complexity index is 563. The van der Waals surface area contributed by atoms with Gasteiger partial charge >= 0.3 is 7.12 Å². The first kappa shape index (κ1) is 17.9. The second-order valence-corrected chi connectivity index (χ2v) is 7.89. The Morgan fingerprint density at radius 3 is 2.46 bits per heavy atom. The molecule has 0 bridgehead atoms. The van der Waals surface area contributed by atoms with Crippen molar-refractivity contribution in [2.75, 3.05) is 6.61 Å². The molecule has 24 heavy (non-hydrogen) atoms. The Kier molecular flexibility index (Phi) is 5.08. The van der Waals surface area contributed by atoms with E-state index in [4.69, 9.17) is 18.8 Å². The van der Waals surface area contributed by atoms with E-state index in [9.17, 15) is 0 Å². The minimum Gasteiger partial charge on any atom is -0.399 e. The SMILES string of the molecule is Cc1ccc(COC2CCCCO2)cc1B1OC(C)(C)C(C)(C)O1. The smallest absolute Gasteiger partial charge is 0.399 e. The van der Waals surface area contributed by atoms with Crippen LogP contribution in [0, 0.1) is 6.92 Å². The van der Waals surface area contributed by atoms with Crippen LogP contribution in [-0.4, -0.2) is 31.2 Å². The van der Waals surface area contributed by atoms with Crippen molar-refractivity contribution in [2.45, 2.75) is 78.0 Å². The molecule has 0 radical (unpaired) electrons. The molecule has 1 atom stereocenters. The molecule has 1 aromatic rings. The van der Waals surface area contributed by atoms with E-state index in [0.29, 0.717) is 6.61 Å². The lowest BCUT2D eigenvalue weighted by atomic mass is 9.75. The maximum atomic E-state index is 6.19. The maximum Gasteiger partial charge on any atom is 0.495 e. The van der Waals surface area contributed by atoms with Gasteiger partial charge < -0.3 is 18.8 Å². The minimum absolute atomic E-state index is 0.0691. The number of hydrogen-bond acceptors (Lipinski definition) is 4. The Hall–Kier alpha value is -0.875. The summed E-state index contributed by atoms with van der Waals surface area (Å²) >= 11 is 0. The minimum atomic E-state index is -0.333. The van der Waals surface area contributed by atoms with E-state index in [0.717, 1.165) is 30.5 Å². The molecular weight excluding hydrogens is 303 g/mol. The first-order chi connectivity index (χ1) is 11.3. The van der Waals surface area contributed by atoms with Gasteiger partial charge in [-0.15, -0.1) is 0 Å². The van der Waals surface area contributed by atoms with Crippen LogP contribution >= 0.6 is 0 Å². The Balaban J connectivity index is 1.70. The number of aryl methyl sites for hydroxylation is 1. The summed E-state index contributed by atoms with van der Waals surface area (Å²) < 4.78 is 23.9. The van der Waals surface area contributed by atoms with Gasteiger partial charge in [0, 0.05) is 6.61 Å². The van der Waals surface area contributed by atoms with Crippen molar-refractivity contribution < 1.29 is 18.8 Å². The molecule has 132 valence electrons. The number of ether oxygens (including phenoxy) is 2. The molecule has 0 saturated carbocycles. The molecule has 0 spiro atoms. The zero-order valence-electron chi connectivity index (χ0n) is 15.6. The summed E-state index contributed by atoms with van der Waals surface area (Å²) in [5, 5.41) is 0. The Morgan fingerprint density at radius 2 is 1.83 bits per heavy atom. The third kappa shape index (κ3) is 3.69. The van der Waals surface area contributed by atoms with Crippen LogP contribution in [0.25, 0.3) is 0 Å². The second-order valence-electron chi connectivity index (χ2n) is 7.89. The van der Waals surface area contributed by atoms with Gasteiger partial charge in [0.05, 0.1) is 17.8 Å². The zero-order valence-corrected chi connectivity index (χ0v) is 15.6. The van der Waals surface area contributed by atoms with Crippen molar-refractivity contribution in [1.82, 2.24) is 0 Å². The standard InChI is InChI=1S/C19H29BO4/c1-14-9-10-15(13-22-17-8-6-7-11-21-17)12-16(14)20-23-18(2,3)19(4,5)24-20/h9-10,12,17H,6-8,11,13H2,1-5H3. The fourth-order valence-corrected chi connectivity index (χ4v) is 3.04. The molecule has 5 heteroatoms. The molecule has 0 aromatic heterocycles. The largest absolute Gasteiger partial charge is 0.495 e. The van der Waals surface area contributed by atoms with Gasteiger partial charge in [-0.2, -0.15) is 0 Å². The molecular formula is C19H29BO4. The lowest BCUT2D eigenvalue weighted by molar-refractivity contribution is -0.168. The van der Waals surface area contributed by atoms with E-state index in [1.165, 1.54) is 12.0 Å².